The number of nitrogens with one attached hydrogen (secondary N) is 1. The minimum atomic E-state index is -1.03. The highest BCUT2D eigenvalue weighted by atomic mass is 32.2. The number of aliphatic carboxylic acids is 1. The van der Waals surface area contributed by atoms with Gasteiger partial charge in [0.25, 0.3) is 0 Å². The van der Waals surface area contributed by atoms with Crippen molar-refractivity contribution in [3.63, 3.8) is 0 Å². The molecule has 0 aromatic carbocycles. The van der Waals surface area contributed by atoms with E-state index in [1.54, 1.807) is 16.7 Å². The molecule has 7 heteroatoms. The van der Waals surface area contributed by atoms with Crippen LogP contribution in [0.15, 0.2) is 0 Å². The highest BCUT2D eigenvalue weighted by Gasteiger charge is 2.53. The normalized spacial score (nSPS) is 30.2. The Morgan fingerprint density at radius 2 is 2.30 bits per heavy atom. The molecular formula is C13H20N2O4S. The van der Waals surface area contributed by atoms with Gasteiger partial charge in [0.2, 0.25) is 11.8 Å². The van der Waals surface area contributed by atoms with Gasteiger partial charge < -0.3 is 15.3 Å². The molecule has 0 saturated carbocycles. The zero-order chi connectivity index (χ0) is 14.9. The Bertz CT molecular complexity index is 442. The van der Waals surface area contributed by atoms with E-state index in [0.29, 0.717) is 25.0 Å². The minimum Gasteiger partial charge on any atom is -0.480 e. The summed E-state index contributed by atoms with van der Waals surface area (Å²) in [6, 6.07) is -1.42. The predicted molar refractivity (Wildman–Crippen MR) is 75.2 cm³/mol. The third-order valence-corrected chi connectivity index (χ3v) is 5.44. The Morgan fingerprint density at radius 3 is 2.90 bits per heavy atom. The van der Waals surface area contributed by atoms with Crippen LogP contribution < -0.4 is 5.32 Å². The first kappa shape index (κ1) is 15.2. The second kappa shape index (κ2) is 5.63. The molecule has 112 valence electrons. The molecule has 0 bridgehead atoms. The Labute approximate surface area is 122 Å². The van der Waals surface area contributed by atoms with Crippen LogP contribution in [0.5, 0.6) is 0 Å². The lowest BCUT2D eigenvalue weighted by Gasteiger charge is -2.30. The number of nitrogens with zero attached hydrogens (tertiary/aromatic N) is 1. The van der Waals surface area contributed by atoms with E-state index in [0.717, 1.165) is 6.42 Å². The van der Waals surface area contributed by atoms with Crippen LogP contribution in [0.1, 0.15) is 39.5 Å². The van der Waals surface area contributed by atoms with Crippen molar-refractivity contribution >= 4 is 29.5 Å². The lowest BCUT2D eigenvalue weighted by molar-refractivity contribution is -0.144. The van der Waals surface area contributed by atoms with E-state index >= 15 is 0 Å². The fourth-order valence-corrected chi connectivity index (χ4v) is 4.26. The van der Waals surface area contributed by atoms with Crippen LogP contribution in [0.2, 0.25) is 0 Å². The topological polar surface area (TPSA) is 86.7 Å². The van der Waals surface area contributed by atoms with Gasteiger partial charge in [-0.1, -0.05) is 13.3 Å². The molecule has 3 atom stereocenters. The average Bonchev–Trinajstić information content (AvgIpc) is 2.86. The number of carbonyl (C=O) groups excluding carboxylic acids is 2. The molecule has 0 aliphatic carbocycles. The molecule has 6 nitrogen and oxygen atoms in total. The summed E-state index contributed by atoms with van der Waals surface area (Å²) >= 11 is 1.60. The second-order valence-corrected chi connectivity index (χ2v) is 6.96. The average molecular weight is 300 g/mol. The third-order valence-electron chi connectivity index (χ3n) is 3.94. The van der Waals surface area contributed by atoms with Gasteiger partial charge in [0, 0.05) is 12.2 Å². The van der Waals surface area contributed by atoms with Crippen molar-refractivity contribution in [1.82, 2.24) is 10.2 Å². The van der Waals surface area contributed by atoms with Gasteiger partial charge in [-0.15, -0.1) is 11.8 Å². The summed E-state index contributed by atoms with van der Waals surface area (Å²) in [4.78, 5) is 36.6. The monoisotopic (exact) mass is 300 g/mol. The number of hydrogen-bond donors (Lipinski definition) is 2. The SMILES string of the molecule is CCC[C@@H](NC(=O)C1CSC2(C)CCC(=O)N12)C(=O)O. The zero-order valence-electron chi connectivity index (χ0n) is 11.7. The number of carboxylic acid groups (broad SMARTS) is 1. The lowest BCUT2D eigenvalue weighted by atomic mass is 10.1. The highest BCUT2D eigenvalue weighted by molar-refractivity contribution is 8.01. The van der Waals surface area contributed by atoms with Crippen molar-refractivity contribution in [3.05, 3.63) is 0 Å². The van der Waals surface area contributed by atoms with Gasteiger partial charge in [0.1, 0.15) is 12.1 Å². The minimum absolute atomic E-state index is 0.0139. The van der Waals surface area contributed by atoms with Gasteiger partial charge in [-0.25, -0.2) is 4.79 Å². The fourth-order valence-electron chi connectivity index (χ4n) is 2.83. The summed E-state index contributed by atoms with van der Waals surface area (Å²) in [5, 5.41) is 11.6. The Morgan fingerprint density at radius 1 is 1.60 bits per heavy atom. The largest absolute Gasteiger partial charge is 0.480 e. The quantitative estimate of drug-likeness (QED) is 0.784. The van der Waals surface area contributed by atoms with E-state index in [4.69, 9.17) is 5.11 Å². The molecule has 0 spiro atoms. The number of rotatable bonds is 5. The summed E-state index contributed by atoms with van der Waals surface area (Å²) in [5.74, 6) is -0.856. The number of amides is 2. The van der Waals surface area contributed by atoms with E-state index < -0.39 is 18.1 Å². The molecule has 2 fully saturated rings. The Balaban J connectivity index is 2.06. The van der Waals surface area contributed by atoms with Crippen molar-refractivity contribution in [1.29, 1.82) is 0 Å². The van der Waals surface area contributed by atoms with Crippen molar-refractivity contribution in [2.24, 2.45) is 0 Å². The molecule has 2 N–H and O–H groups in total. The van der Waals surface area contributed by atoms with Gasteiger partial charge in [0.15, 0.2) is 0 Å². The van der Waals surface area contributed by atoms with Crippen LogP contribution in [-0.4, -0.2) is 50.5 Å². The summed E-state index contributed by atoms with van der Waals surface area (Å²) < 4.78 is 0. The van der Waals surface area contributed by atoms with Gasteiger partial charge in [0.05, 0.1) is 4.87 Å². The molecule has 2 unspecified atom stereocenters. The van der Waals surface area contributed by atoms with Crippen molar-refractivity contribution in [2.75, 3.05) is 5.75 Å². The van der Waals surface area contributed by atoms with Gasteiger partial charge in [-0.3, -0.25) is 9.59 Å². The van der Waals surface area contributed by atoms with Gasteiger partial charge in [-0.2, -0.15) is 0 Å². The van der Waals surface area contributed by atoms with Crippen molar-refractivity contribution in [3.8, 4) is 0 Å². The first-order valence-corrected chi connectivity index (χ1v) is 7.87. The lowest BCUT2D eigenvalue weighted by Crippen LogP contribution is -2.53. The molecule has 2 amide bonds. The van der Waals surface area contributed by atoms with Crippen LogP contribution in [-0.2, 0) is 14.4 Å². The summed E-state index contributed by atoms with van der Waals surface area (Å²) in [6.45, 7) is 3.84. The molecule has 2 rings (SSSR count). The number of carbonyl (C=O) groups is 3. The number of carboxylic acids is 1. The molecule has 0 aromatic heterocycles. The van der Waals surface area contributed by atoms with Crippen LogP contribution in [0.25, 0.3) is 0 Å². The Hall–Kier alpha value is -1.24. The predicted octanol–water partition coefficient (Wildman–Crippen LogP) is 0.810. The zero-order valence-corrected chi connectivity index (χ0v) is 12.5. The summed E-state index contributed by atoms with van der Waals surface area (Å²) in [7, 11) is 0. The molecular weight excluding hydrogens is 280 g/mol. The number of hydrogen-bond acceptors (Lipinski definition) is 4. The Kier molecular flexibility index (Phi) is 4.27. The van der Waals surface area contributed by atoms with E-state index in [1.165, 1.54) is 0 Å². The molecule has 0 radical (unpaired) electrons. The number of fused-ring (bicyclic) bond motifs is 1. The molecule has 2 saturated heterocycles. The van der Waals surface area contributed by atoms with Gasteiger partial charge in [-0.05, 0) is 19.8 Å². The maximum absolute atomic E-state index is 12.3. The van der Waals surface area contributed by atoms with E-state index in [9.17, 15) is 14.4 Å². The molecule has 0 aromatic rings. The van der Waals surface area contributed by atoms with Crippen LogP contribution >= 0.6 is 11.8 Å². The third kappa shape index (κ3) is 2.63. The van der Waals surface area contributed by atoms with E-state index in [2.05, 4.69) is 5.32 Å². The highest BCUT2D eigenvalue weighted by Crippen LogP contribution is 2.47. The first-order valence-electron chi connectivity index (χ1n) is 6.88. The first-order chi connectivity index (χ1) is 9.39. The molecule has 2 aliphatic heterocycles. The smallest absolute Gasteiger partial charge is 0.326 e. The maximum atomic E-state index is 12.3. The van der Waals surface area contributed by atoms with Crippen LogP contribution in [0.3, 0.4) is 0 Å². The summed E-state index contributed by atoms with van der Waals surface area (Å²) in [5.41, 5.74) is 0. The van der Waals surface area contributed by atoms with Gasteiger partial charge >= 0.3 is 5.97 Å². The summed E-state index contributed by atoms with van der Waals surface area (Å²) in [6.07, 6.45) is 2.28. The maximum Gasteiger partial charge on any atom is 0.326 e. The van der Waals surface area contributed by atoms with Crippen molar-refractivity contribution in [2.45, 2.75) is 56.5 Å². The molecule has 2 aliphatic rings. The standard InChI is InChI=1S/C13H20N2O4S/c1-3-4-8(12(18)19)14-11(17)9-7-20-13(2)6-5-10(16)15(9)13/h8-9H,3-7H2,1-2H3,(H,14,17)(H,18,19)/t8-,9?,13?/m1/s1. The number of thioether (sulfide) groups is 1. The van der Waals surface area contributed by atoms with Crippen molar-refractivity contribution < 1.29 is 19.5 Å². The molecule has 20 heavy (non-hydrogen) atoms. The molecule has 2 heterocycles. The second-order valence-electron chi connectivity index (χ2n) is 5.45. The van der Waals surface area contributed by atoms with E-state index in [1.807, 2.05) is 13.8 Å². The van der Waals surface area contributed by atoms with Crippen LogP contribution in [0.4, 0.5) is 0 Å². The van der Waals surface area contributed by atoms with E-state index in [-0.39, 0.29) is 16.7 Å². The fraction of sp³-hybridized carbons (Fsp3) is 0.769. The van der Waals surface area contributed by atoms with Crippen LogP contribution in [0, 0.1) is 0 Å².